The average Bonchev–Trinajstić information content (AvgIpc) is 2.76. The van der Waals surface area contributed by atoms with Crippen LogP contribution in [-0.2, 0) is 10.0 Å². The van der Waals surface area contributed by atoms with E-state index in [1.54, 1.807) is 50.4 Å². The van der Waals surface area contributed by atoms with Gasteiger partial charge in [0.15, 0.2) is 5.84 Å². The maximum atomic E-state index is 11.9. The Bertz CT molecular complexity index is 924. The van der Waals surface area contributed by atoms with Crippen molar-refractivity contribution in [1.82, 2.24) is 5.43 Å². The van der Waals surface area contributed by atoms with Gasteiger partial charge in [-0.3, -0.25) is 5.43 Å². The quantitative estimate of drug-likeness (QED) is 0.652. The smallest absolute Gasteiger partial charge is 0.285 e. The molecule has 118 valence electrons. The maximum absolute atomic E-state index is 11.9. The molecular weight excluding hydrogens is 314 g/mol. The van der Waals surface area contributed by atoms with Crippen LogP contribution in [0.4, 0.5) is 0 Å². The fourth-order valence-electron chi connectivity index (χ4n) is 2.42. The Labute approximate surface area is 134 Å². The number of fused-ring (bicyclic) bond motifs is 1. The summed E-state index contributed by atoms with van der Waals surface area (Å²) in [6, 6.07) is 10.2. The highest BCUT2D eigenvalue weighted by molar-refractivity contribution is 7.90. The number of sulfonamides is 1. The maximum Gasteiger partial charge on any atom is 0.285 e. The molecule has 1 heterocycles. The molecule has 23 heavy (non-hydrogen) atoms. The van der Waals surface area contributed by atoms with Gasteiger partial charge in [-0.05, 0) is 54.8 Å². The lowest BCUT2D eigenvalue weighted by molar-refractivity contribution is 0.467. The minimum absolute atomic E-state index is 0.175. The molecule has 0 atom stereocenters. The summed E-state index contributed by atoms with van der Waals surface area (Å²) in [7, 11) is -3.65. The van der Waals surface area contributed by atoms with Gasteiger partial charge in [-0.1, -0.05) is 12.1 Å². The van der Waals surface area contributed by atoms with E-state index in [0.29, 0.717) is 5.56 Å². The number of phenols is 1. The lowest BCUT2D eigenvalue weighted by atomic mass is 10.1. The van der Waals surface area contributed by atoms with Crippen molar-refractivity contribution in [2.24, 2.45) is 9.50 Å². The highest BCUT2D eigenvalue weighted by Crippen LogP contribution is 2.25. The number of aryl methyl sites for hydroxylation is 2. The lowest BCUT2D eigenvalue weighted by Crippen LogP contribution is -2.17. The summed E-state index contributed by atoms with van der Waals surface area (Å²) in [5, 5.41) is 13.8. The molecule has 0 saturated heterocycles. The third kappa shape index (κ3) is 2.83. The summed E-state index contributed by atoms with van der Waals surface area (Å²) in [6.07, 6.45) is 1.55. The van der Waals surface area contributed by atoms with Gasteiger partial charge in [-0.2, -0.15) is 13.5 Å². The number of nitrogens with one attached hydrogen (secondary N) is 1. The zero-order valence-corrected chi connectivity index (χ0v) is 13.4. The summed E-state index contributed by atoms with van der Waals surface area (Å²) in [4.78, 5) is 0.175. The van der Waals surface area contributed by atoms with Crippen molar-refractivity contribution in [3.63, 3.8) is 0 Å². The predicted molar refractivity (Wildman–Crippen MR) is 88.5 cm³/mol. The Hall–Kier alpha value is -2.67. The lowest BCUT2D eigenvalue weighted by Gasteiger charge is -2.04. The largest absolute Gasteiger partial charge is 0.507 e. The SMILES string of the molecule is Cc1cc(C=NNC2=NS(=O)(=O)c3ccccc32)cc(C)c1O. The van der Waals surface area contributed by atoms with Gasteiger partial charge in [0.25, 0.3) is 10.0 Å². The summed E-state index contributed by atoms with van der Waals surface area (Å²) in [5.74, 6) is 0.458. The second-order valence-corrected chi connectivity index (χ2v) is 6.86. The Morgan fingerprint density at radius 1 is 1.17 bits per heavy atom. The van der Waals surface area contributed by atoms with E-state index in [0.717, 1.165) is 16.7 Å². The fraction of sp³-hybridized carbons (Fsp3) is 0.125. The standard InChI is InChI=1S/C16H15N3O3S/c1-10-7-12(8-11(2)15(10)20)9-17-18-16-13-5-3-4-6-14(13)23(21,22)19-16/h3-9,20H,1-2H3,(H,18,19). The van der Waals surface area contributed by atoms with Crippen LogP contribution >= 0.6 is 0 Å². The molecule has 1 aliphatic heterocycles. The summed E-state index contributed by atoms with van der Waals surface area (Å²) < 4.78 is 27.5. The zero-order chi connectivity index (χ0) is 16.6. The first-order chi connectivity index (χ1) is 10.9. The van der Waals surface area contributed by atoms with Crippen molar-refractivity contribution >= 4 is 22.1 Å². The Balaban J connectivity index is 1.85. The molecule has 2 aromatic carbocycles. The number of rotatable bonds is 2. The van der Waals surface area contributed by atoms with E-state index in [1.807, 2.05) is 0 Å². The van der Waals surface area contributed by atoms with Crippen molar-refractivity contribution < 1.29 is 13.5 Å². The van der Waals surface area contributed by atoms with E-state index in [4.69, 9.17) is 0 Å². The normalized spacial score (nSPS) is 15.5. The van der Waals surface area contributed by atoms with Crippen molar-refractivity contribution in [1.29, 1.82) is 0 Å². The monoisotopic (exact) mass is 329 g/mol. The molecule has 0 amide bonds. The molecule has 0 unspecified atom stereocenters. The number of hydrogen-bond donors (Lipinski definition) is 2. The highest BCUT2D eigenvalue weighted by Gasteiger charge is 2.28. The average molecular weight is 329 g/mol. The van der Waals surface area contributed by atoms with E-state index >= 15 is 0 Å². The molecular formula is C16H15N3O3S. The molecule has 0 aromatic heterocycles. The highest BCUT2D eigenvalue weighted by atomic mass is 32.2. The second kappa shape index (κ2) is 5.51. The van der Waals surface area contributed by atoms with Crippen LogP contribution in [0.15, 0.2) is 50.8 Å². The van der Waals surface area contributed by atoms with Crippen LogP contribution in [-0.4, -0.2) is 25.6 Å². The Morgan fingerprint density at radius 2 is 1.83 bits per heavy atom. The van der Waals surface area contributed by atoms with Crippen molar-refractivity contribution in [2.75, 3.05) is 0 Å². The molecule has 1 aliphatic rings. The van der Waals surface area contributed by atoms with Gasteiger partial charge < -0.3 is 5.11 Å². The first kappa shape index (κ1) is 15.2. The van der Waals surface area contributed by atoms with Gasteiger partial charge in [0.2, 0.25) is 0 Å². The van der Waals surface area contributed by atoms with Crippen molar-refractivity contribution in [3.8, 4) is 5.75 Å². The number of amidine groups is 1. The van der Waals surface area contributed by atoms with E-state index < -0.39 is 10.0 Å². The molecule has 0 radical (unpaired) electrons. The van der Waals surface area contributed by atoms with Crippen LogP contribution < -0.4 is 5.43 Å². The number of phenolic OH excluding ortho intramolecular Hbond substituents is 1. The summed E-state index contributed by atoms with van der Waals surface area (Å²) in [6.45, 7) is 3.61. The molecule has 3 rings (SSSR count). The van der Waals surface area contributed by atoms with Crippen LogP contribution in [0, 0.1) is 13.8 Å². The third-order valence-electron chi connectivity index (χ3n) is 3.53. The number of benzene rings is 2. The van der Waals surface area contributed by atoms with Gasteiger partial charge in [-0.15, -0.1) is 4.40 Å². The summed E-state index contributed by atoms with van der Waals surface area (Å²) in [5.41, 5.74) is 5.46. The molecule has 2 N–H and O–H groups in total. The van der Waals surface area contributed by atoms with Crippen molar-refractivity contribution in [3.05, 3.63) is 58.7 Å². The van der Waals surface area contributed by atoms with Gasteiger partial charge >= 0.3 is 0 Å². The predicted octanol–water partition coefficient (Wildman–Crippen LogP) is 2.08. The van der Waals surface area contributed by atoms with E-state index in [9.17, 15) is 13.5 Å². The van der Waals surface area contributed by atoms with Gasteiger partial charge in [0.1, 0.15) is 10.6 Å². The number of aromatic hydroxyl groups is 1. The van der Waals surface area contributed by atoms with Gasteiger partial charge in [-0.25, -0.2) is 0 Å². The minimum atomic E-state index is -3.65. The first-order valence-electron chi connectivity index (χ1n) is 6.92. The molecule has 0 fully saturated rings. The van der Waals surface area contributed by atoms with Crippen LogP contribution in [0.3, 0.4) is 0 Å². The van der Waals surface area contributed by atoms with Gasteiger partial charge in [0, 0.05) is 5.56 Å². The van der Waals surface area contributed by atoms with Crippen molar-refractivity contribution in [2.45, 2.75) is 18.7 Å². The Morgan fingerprint density at radius 3 is 2.52 bits per heavy atom. The zero-order valence-electron chi connectivity index (χ0n) is 12.6. The molecule has 0 spiro atoms. The van der Waals surface area contributed by atoms with Crippen LogP contribution in [0.1, 0.15) is 22.3 Å². The molecule has 2 aromatic rings. The summed E-state index contributed by atoms with van der Waals surface area (Å²) >= 11 is 0. The fourth-order valence-corrected chi connectivity index (χ4v) is 3.59. The van der Waals surface area contributed by atoms with E-state index in [-0.39, 0.29) is 16.5 Å². The van der Waals surface area contributed by atoms with Gasteiger partial charge in [0.05, 0.1) is 6.21 Å². The topological polar surface area (TPSA) is 91.1 Å². The third-order valence-corrected chi connectivity index (χ3v) is 4.86. The minimum Gasteiger partial charge on any atom is -0.507 e. The number of nitrogens with zero attached hydrogens (tertiary/aromatic N) is 2. The Kier molecular flexibility index (Phi) is 3.65. The number of hydrazone groups is 1. The van der Waals surface area contributed by atoms with Crippen LogP contribution in [0.2, 0.25) is 0 Å². The van der Waals surface area contributed by atoms with E-state index in [1.165, 1.54) is 6.07 Å². The first-order valence-corrected chi connectivity index (χ1v) is 8.36. The molecule has 6 nitrogen and oxygen atoms in total. The molecule has 0 bridgehead atoms. The molecule has 7 heteroatoms. The van der Waals surface area contributed by atoms with Crippen LogP contribution in [0.5, 0.6) is 5.75 Å². The number of hydrogen-bond acceptors (Lipinski definition) is 5. The second-order valence-electron chi connectivity index (χ2n) is 5.28. The molecule has 0 saturated carbocycles. The molecule has 0 aliphatic carbocycles. The van der Waals surface area contributed by atoms with Crippen LogP contribution in [0.25, 0.3) is 0 Å². The van der Waals surface area contributed by atoms with E-state index in [2.05, 4.69) is 14.9 Å².